The van der Waals surface area contributed by atoms with Gasteiger partial charge < -0.3 is 0 Å². The first-order valence-electron chi connectivity index (χ1n) is 7.51. The molecule has 0 spiro atoms. The molecule has 1 aliphatic heterocycles. The van der Waals surface area contributed by atoms with E-state index in [0.717, 1.165) is 19.6 Å². The SMILES string of the molecule is IC[C@H]1CNC(=[N+](Cc2ccccc2)Cc2ccccc2)S1. The summed E-state index contributed by atoms with van der Waals surface area (Å²) in [5.74, 6) is 0. The molecule has 1 heterocycles. The molecule has 0 aromatic heterocycles. The molecule has 2 aromatic carbocycles. The van der Waals surface area contributed by atoms with Crippen LogP contribution in [0.3, 0.4) is 0 Å². The predicted molar refractivity (Wildman–Crippen MR) is 104 cm³/mol. The molecule has 0 radical (unpaired) electrons. The third kappa shape index (κ3) is 4.26. The number of nitrogens with zero attached hydrogens (tertiary/aromatic N) is 1. The van der Waals surface area contributed by atoms with Crippen molar-refractivity contribution >= 4 is 39.5 Å². The first-order valence-corrected chi connectivity index (χ1v) is 9.92. The minimum atomic E-state index is 0.685. The summed E-state index contributed by atoms with van der Waals surface area (Å²) in [5.41, 5.74) is 2.71. The van der Waals surface area contributed by atoms with E-state index in [1.807, 2.05) is 11.8 Å². The first-order chi connectivity index (χ1) is 10.8. The van der Waals surface area contributed by atoms with Crippen molar-refractivity contribution in [2.75, 3.05) is 11.0 Å². The monoisotopic (exact) mass is 423 g/mol. The molecule has 114 valence electrons. The number of halogens is 1. The van der Waals surface area contributed by atoms with Crippen LogP contribution in [0.2, 0.25) is 0 Å². The Hall–Kier alpha value is -1.01. The van der Waals surface area contributed by atoms with Gasteiger partial charge in [0, 0.05) is 4.43 Å². The summed E-state index contributed by atoms with van der Waals surface area (Å²) in [5, 5.41) is 5.60. The zero-order chi connectivity index (χ0) is 15.2. The van der Waals surface area contributed by atoms with Crippen molar-refractivity contribution in [3.63, 3.8) is 0 Å². The van der Waals surface area contributed by atoms with Crippen molar-refractivity contribution in [1.82, 2.24) is 5.32 Å². The lowest BCUT2D eigenvalue weighted by Gasteiger charge is -2.10. The van der Waals surface area contributed by atoms with E-state index in [0.29, 0.717) is 5.25 Å². The number of nitrogens with one attached hydrogen (secondary N) is 1. The van der Waals surface area contributed by atoms with E-state index in [4.69, 9.17) is 0 Å². The summed E-state index contributed by atoms with van der Waals surface area (Å²) in [4.78, 5) is 0. The molecular formula is C18H20IN2S+. The average Bonchev–Trinajstić information content (AvgIpc) is 3.05. The van der Waals surface area contributed by atoms with Crippen LogP contribution in [0.15, 0.2) is 60.7 Å². The van der Waals surface area contributed by atoms with Crippen LogP contribution in [-0.2, 0) is 13.1 Å². The van der Waals surface area contributed by atoms with Gasteiger partial charge in [0.25, 0.3) is 0 Å². The maximum absolute atomic E-state index is 3.60. The normalized spacial score (nSPS) is 17.3. The number of alkyl halides is 1. The molecule has 22 heavy (non-hydrogen) atoms. The summed E-state index contributed by atoms with van der Waals surface area (Å²) in [6.07, 6.45) is 0. The van der Waals surface area contributed by atoms with E-state index >= 15 is 0 Å². The number of rotatable bonds is 5. The van der Waals surface area contributed by atoms with Gasteiger partial charge in [-0.2, -0.15) is 0 Å². The lowest BCUT2D eigenvalue weighted by Crippen LogP contribution is -2.27. The second-order valence-corrected chi connectivity index (χ2v) is 7.58. The van der Waals surface area contributed by atoms with Gasteiger partial charge in [0.2, 0.25) is 0 Å². The topological polar surface area (TPSA) is 15.0 Å². The zero-order valence-corrected chi connectivity index (χ0v) is 15.4. The average molecular weight is 423 g/mol. The van der Waals surface area contributed by atoms with Crippen LogP contribution >= 0.6 is 34.4 Å². The Morgan fingerprint density at radius 3 is 1.95 bits per heavy atom. The van der Waals surface area contributed by atoms with E-state index in [9.17, 15) is 0 Å². The fourth-order valence-corrected chi connectivity index (χ4v) is 4.36. The van der Waals surface area contributed by atoms with Crippen molar-refractivity contribution in [2.24, 2.45) is 0 Å². The lowest BCUT2D eigenvalue weighted by atomic mass is 10.2. The molecule has 0 unspecified atom stereocenters. The second-order valence-electron chi connectivity index (χ2n) is 5.41. The molecule has 0 bridgehead atoms. The van der Waals surface area contributed by atoms with E-state index in [1.54, 1.807) is 0 Å². The molecule has 4 heteroatoms. The van der Waals surface area contributed by atoms with Gasteiger partial charge in [-0.15, -0.1) is 0 Å². The molecule has 1 fully saturated rings. The van der Waals surface area contributed by atoms with Crippen LogP contribution in [0.5, 0.6) is 0 Å². The van der Waals surface area contributed by atoms with Crippen molar-refractivity contribution < 1.29 is 4.58 Å². The Morgan fingerprint density at radius 1 is 0.955 bits per heavy atom. The number of hydrogen-bond donors (Lipinski definition) is 1. The van der Waals surface area contributed by atoms with Gasteiger partial charge in [-0.25, -0.2) is 4.58 Å². The van der Waals surface area contributed by atoms with Gasteiger partial charge >= 0.3 is 5.17 Å². The van der Waals surface area contributed by atoms with Crippen LogP contribution in [0.4, 0.5) is 0 Å². The summed E-state index contributed by atoms with van der Waals surface area (Å²) < 4.78 is 3.64. The van der Waals surface area contributed by atoms with Gasteiger partial charge in [0.15, 0.2) is 0 Å². The highest BCUT2D eigenvalue weighted by Gasteiger charge is 2.28. The Kier molecular flexibility index (Phi) is 5.78. The largest absolute Gasteiger partial charge is 0.307 e. The Bertz CT molecular complexity index is 585. The summed E-state index contributed by atoms with van der Waals surface area (Å²) in [6.45, 7) is 2.96. The minimum absolute atomic E-state index is 0.685. The molecule has 3 rings (SSSR count). The maximum Gasteiger partial charge on any atom is 0.307 e. The molecule has 2 nitrogen and oxygen atoms in total. The Labute approximate surface area is 150 Å². The van der Waals surface area contributed by atoms with Crippen LogP contribution in [-0.4, -0.2) is 26.0 Å². The maximum atomic E-state index is 3.60. The number of amidine groups is 1. The van der Waals surface area contributed by atoms with Crippen molar-refractivity contribution in [2.45, 2.75) is 18.3 Å². The molecule has 0 aliphatic carbocycles. The summed E-state index contributed by atoms with van der Waals surface area (Å²) >= 11 is 4.46. The summed E-state index contributed by atoms with van der Waals surface area (Å²) in [7, 11) is 0. The predicted octanol–water partition coefficient (Wildman–Crippen LogP) is 3.90. The van der Waals surface area contributed by atoms with Crippen LogP contribution in [0.25, 0.3) is 0 Å². The second kappa shape index (κ2) is 8.02. The molecule has 1 N–H and O–H groups in total. The van der Waals surface area contributed by atoms with Crippen molar-refractivity contribution in [1.29, 1.82) is 0 Å². The van der Waals surface area contributed by atoms with E-state index in [2.05, 4.69) is 93.1 Å². The molecular weight excluding hydrogens is 403 g/mol. The van der Waals surface area contributed by atoms with E-state index < -0.39 is 0 Å². The molecule has 0 saturated carbocycles. The number of benzene rings is 2. The molecule has 1 aliphatic rings. The third-order valence-corrected chi connectivity index (χ3v) is 6.60. The Balaban J connectivity index is 1.84. The minimum Gasteiger partial charge on any atom is -0.268 e. The van der Waals surface area contributed by atoms with E-state index in [1.165, 1.54) is 20.7 Å². The lowest BCUT2D eigenvalue weighted by molar-refractivity contribution is -0.559. The van der Waals surface area contributed by atoms with Gasteiger partial charge in [-0.05, 0) is 22.9 Å². The molecule has 0 amide bonds. The fraction of sp³-hybridized carbons (Fsp3) is 0.278. The zero-order valence-electron chi connectivity index (χ0n) is 12.4. The highest BCUT2D eigenvalue weighted by Crippen LogP contribution is 2.21. The quantitative estimate of drug-likeness (QED) is 0.446. The van der Waals surface area contributed by atoms with Crippen LogP contribution in [0, 0.1) is 0 Å². The molecule has 1 saturated heterocycles. The van der Waals surface area contributed by atoms with Gasteiger partial charge in [0.05, 0.1) is 11.8 Å². The summed E-state index contributed by atoms with van der Waals surface area (Å²) in [6, 6.07) is 21.4. The van der Waals surface area contributed by atoms with Crippen LogP contribution in [0.1, 0.15) is 11.1 Å². The third-order valence-electron chi connectivity index (χ3n) is 3.65. The Morgan fingerprint density at radius 2 is 1.50 bits per heavy atom. The standard InChI is InChI=1S/C18H19IN2S/c19-11-17-12-20-18(22-17)21(13-15-7-3-1-4-8-15)14-16-9-5-2-6-10-16/h1-10,17H,11-14H2/p+1/t17-/m0/s1. The van der Waals surface area contributed by atoms with E-state index in [-0.39, 0.29) is 0 Å². The molecule has 1 atom stereocenters. The number of hydrogen-bond acceptors (Lipinski definition) is 1. The smallest absolute Gasteiger partial charge is 0.268 e. The number of thioether (sulfide) groups is 1. The fourth-order valence-electron chi connectivity index (χ4n) is 2.52. The van der Waals surface area contributed by atoms with Gasteiger partial charge in [0.1, 0.15) is 13.1 Å². The molecule has 2 aromatic rings. The van der Waals surface area contributed by atoms with Gasteiger partial charge in [-0.3, -0.25) is 5.32 Å². The van der Waals surface area contributed by atoms with Crippen molar-refractivity contribution in [3.8, 4) is 0 Å². The van der Waals surface area contributed by atoms with Crippen LogP contribution < -0.4 is 5.32 Å². The van der Waals surface area contributed by atoms with Crippen molar-refractivity contribution in [3.05, 3.63) is 71.8 Å². The highest BCUT2D eigenvalue weighted by molar-refractivity contribution is 14.1. The highest BCUT2D eigenvalue weighted by atomic mass is 127. The first kappa shape index (κ1) is 15.9. The van der Waals surface area contributed by atoms with Gasteiger partial charge in [-0.1, -0.05) is 83.3 Å².